The van der Waals surface area contributed by atoms with E-state index < -0.39 is 6.04 Å². The highest BCUT2D eigenvalue weighted by Gasteiger charge is 2.37. The average molecular weight is 454 g/mol. The van der Waals surface area contributed by atoms with Crippen LogP contribution >= 0.6 is 0 Å². The number of carbonyl (C=O) groups excluding carboxylic acids is 2. The first-order valence-electron chi connectivity index (χ1n) is 11.5. The first kappa shape index (κ1) is 24.6. The summed E-state index contributed by atoms with van der Waals surface area (Å²) in [5.74, 6) is 1.61. The van der Waals surface area contributed by atoms with Gasteiger partial charge >= 0.3 is 5.97 Å². The van der Waals surface area contributed by atoms with Crippen LogP contribution in [0, 0.1) is 5.92 Å². The fraction of sp³-hybridized carbons (Fsp3) is 0.481. The highest BCUT2D eigenvalue weighted by atomic mass is 16.5. The number of carbonyl (C=O) groups is 2. The number of rotatable bonds is 8. The van der Waals surface area contributed by atoms with E-state index >= 15 is 0 Å². The molecule has 6 nitrogen and oxygen atoms in total. The van der Waals surface area contributed by atoms with Crippen molar-refractivity contribution < 1.29 is 23.8 Å². The van der Waals surface area contributed by atoms with Crippen molar-refractivity contribution >= 4 is 11.9 Å². The van der Waals surface area contributed by atoms with Gasteiger partial charge in [0.2, 0.25) is 5.91 Å². The Balaban J connectivity index is 1.73. The van der Waals surface area contributed by atoms with Gasteiger partial charge in [-0.05, 0) is 59.9 Å². The smallest absolute Gasteiger partial charge is 0.328 e. The lowest BCUT2D eigenvalue weighted by Gasteiger charge is -2.38. The largest absolute Gasteiger partial charge is 0.493 e. The molecule has 1 fully saturated rings. The molecule has 0 aliphatic carbocycles. The molecule has 0 saturated carbocycles. The number of benzene rings is 2. The fourth-order valence-electron chi connectivity index (χ4n) is 4.57. The van der Waals surface area contributed by atoms with Gasteiger partial charge in [0.25, 0.3) is 0 Å². The minimum absolute atomic E-state index is 0.0484. The number of esters is 1. The average Bonchev–Trinajstić information content (AvgIpc) is 2.83. The molecule has 0 bridgehead atoms. The SMILES string of the molecule is COC(=O)C1CC(c2ccc(OC)c(OC)c2)CCN1C(=O)Cc1ccc(CC(C)C)cc1. The van der Waals surface area contributed by atoms with E-state index in [0.717, 1.165) is 24.0 Å². The summed E-state index contributed by atoms with van der Waals surface area (Å²) < 4.78 is 15.8. The van der Waals surface area contributed by atoms with Gasteiger partial charge < -0.3 is 19.1 Å². The third-order valence-electron chi connectivity index (χ3n) is 6.30. The predicted octanol–water partition coefficient (Wildman–Crippen LogP) is 4.39. The molecular formula is C27H35NO5. The monoisotopic (exact) mass is 453 g/mol. The van der Waals surface area contributed by atoms with Crippen LogP contribution in [0.15, 0.2) is 42.5 Å². The summed E-state index contributed by atoms with van der Waals surface area (Å²) in [6.45, 7) is 4.88. The van der Waals surface area contributed by atoms with Crippen LogP contribution < -0.4 is 9.47 Å². The van der Waals surface area contributed by atoms with Crippen molar-refractivity contribution in [2.45, 2.75) is 51.5 Å². The number of likely N-dealkylation sites (tertiary alicyclic amines) is 1. The standard InChI is InChI=1S/C27H35NO5/c1-18(2)14-19-6-8-20(9-7-19)15-26(29)28-13-12-22(16-23(28)27(30)33-5)21-10-11-24(31-3)25(17-21)32-4/h6-11,17-18,22-23H,12-16H2,1-5H3. The highest BCUT2D eigenvalue weighted by molar-refractivity contribution is 5.86. The molecule has 1 saturated heterocycles. The van der Waals surface area contributed by atoms with Crippen molar-refractivity contribution in [3.05, 3.63) is 59.2 Å². The lowest BCUT2D eigenvalue weighted by Crippen LogP contribution is -2.50. The van der Waals surface area contributed by atoms with Crippen molar-refractivity contribution in [1.29, 1.82) is 0 Å². The zero-order valence-corrected chi connectivity index (χ0v) is 20.3. The van der Waals surface area contributed by atoms with Crippen molar-refractivity contribution in [2.75, 3.05) is 27.9 Å². The first-order chi connectivity index (χ1) is 15.9. The second-order valence-corrected chi connectivity index (χ2v) is 9.05. The third kappa shape index (κ3) is 6.06. The van der Waals surface area contributed by atoms with Gasteiger partial charge in [0, 0.05) is 6.54 Å². The minimum Gasteiger partial charge on any atom is -0.493 e. The fourth-order valence-corrected chi connectivity index (χ4v) is 4.57. The summed E-state index contributed by atoms with van der Waals surface area (Å²) in [6.07, 6.45) is 2.57. The Hall–Kier alpha value is -3.02. The molecule has 178 valence electrons. The van der Waals surface area contributed by atoms with E-state index in [0.29, 0.717) is 30.4 Å². The number of amides is 1. The highest BCUT2D eigenvalue weighted by Crippen LogP contribution is 2.37. The van der Waals surface area contributed by atoms with Crippen molar-refractivity contribution in [2.24, 2.45) is 5.92 Å². The Bertz CT molecular complexity index is 953. The van der Waals surface area contributed by atoms with E-state index in [-0.39, 0.29) is 24.2 Å². The van der Waals surface area contributed by atoms with Crippen LogP contribution in [0.5, 0.6) is 11.5 Å². The van der Waals surface area contributed by atoms with Crippen LogP contribution in [0.4, 0.5) is 0 Å². The van der Waals surface area contributed by atoms with Gasteiger partial charge in [-0.25, -0.2) is 4.79 Å². The van der Waals surface area contributed by atoms with E-state index in [1.165, 1.54) is 12.7 Å². The number of nitrogens with zero attached hydrogens (tertiary/aromatic N) is 1. The molecule has 0 N–H and O–H groups in total. The number of hydrogen-bond donors (Lipinski definition) is 0. The molecule has 2 aromatic rings. The Morgan fingerprint density at radius 1 is 0.970 bits per heavy atom. The van der Waals surface area contributed by atoms with Crippen LogP contribution in [0.25, 0.3) is 0 Å². The van der Waals surface area contributed by atoms with E-state index in [9.17, 15) is 9.59 Å². The molecule has 1 amide bonds. The van der Waals surface area contributed by atoms with Crippen LogP contribution in [0.3, 0.4) is 0 Å². The summed E-state index contributed by atoms with van der Waals surface area (Å²) in [7, 11) is 4.58. The quantitative estimate of drug-likeness (QED) is 0.555. The van der Waals surface area contributed by atoms with Crippen LogP contribution in [0.2, 0.25) is 0 Å². The Kier molecular flexibility index (Phi) is 8.37. The van der Waals surface area contributed by atoms with E-state index in [1.54, 1.807) is 19.1 Å². The van der Waals surface area contributed by atoms with Crippen molar-refractivity contribution in [1.82, 2.24) is 4.90 Å². The molecule has 1 heterocycles. The topological polar surface area (TPSA) is 65.1 Å². The van der Waals surface area contributed by atoms with Crippen LogP contribution in [-0.2, 0) is 27.2 Å². The molecule has 0 spiro atoms. The minimum atomic E-state index is -0.602. The Morgan fingerprint density at radius 2 is 1.64 bits per heavy atom. The zero-order chi connectivity index (χ0) is 24.0. The van der Waals surface area contributed by atoms with Crippen molar-refractivity contribution in [3.8, 4) is 11.5 Å². The molecule has 2 unspecified atom stereocenters. The summed E-state index contributed by atoms with van der Waals surface area (Å²) in [5.41, 5.74) is 3.29. The summed E-state index contributed by atoms with van der Waals surface area (Å²) in [5, 5.41) is 0. The van der Waals surface area contributed by atoms with Gasteiger partial charge in [-0.1, -0.05) is 44.2 Å². The zero-order valence-electron chi connectivity index (χ0n) is 20.3. The molecule has 33 heavy (non-hydrogen) atoms. The lowest BCUT2D eigenvalue weighted by molar-refractivity contribution is -0.154. The summed E-state index contributed by atoms with van der Waals surface area (Å²) in [6, 6.07) is 13.4. The van der Waals surface area contributed by atoms with Gasteiger partial charge in [-0.3, -0.25) is 4.79 Å². The van der Waals surface area contributed by atoms with Gasteiger partial charge in [0.05, 0.1) is 27.8 Å². The molecule has 2 atom stereocenters. The van der Waals surface area contributed by atoms with Gasteiger partial charge in [0.1, 0.15) is 6.04 Å². The van der Waals surface area contributed by atoms with Gasteiger partial charge in [0.15, 0.2) is 11.5 Å². The molecule has 2 aromatic carbocycles. The van der Waals surface area contributed by atoms with Crippen molar-refractivity contribution in [3.63, 3.8) is 0 Å². The number of hydrogen-bond acceptors (Lipinski definition) is 5. The van der Waals surface area contributed by atoms with Gasteiger partial charge in [-0.2, -0.15) is 0 Å². The molecular weight excluding hydrogens is 418 g/mol. The molecule has 1 aliphatic rings. The maximum Gasteiger partial charge on any atom is 0.328 e. The summed E-state index contributed by atoms with van der Waals surface area (Å²) in [4.78, 5) is 27.5. The third-order valence-corrected chi connectivity index (χ3v) is 6.30. The number of piperidine rings is 1. The maximum absolute atomic E-state index is 13.2. The molecule has 0 aromatic heterocycles. The van der Waals surface area contributed by atoms with Gasteiger partial charge in [-0.15, -0.1) is 0 Å². The number of methoxy groups -OCH3 is 3. The molecule has 3 rings (SSSR count). The maximum atomic E-state index is 13.2. The van der Waals surface area contributed by atoms with Crippen LogP contribution in [-0.4, -0.2) is 50.7 Å². The first-order valence-corrected chi connectivity index (χ1v) is 11.5. The molecule has 1 aliphatic heterocycles. The summed E-state index contributed by atoms with van der Waals surface area (Å²) >= 11 is 0. The van der Waals surface area contributed by atoms with Crippen LogP contribution in [0.1, 0.15) is 49.3 Å². The Labute approximate surface area is 196 Å². The predicted molar refractivity (Wildman–Crippen MR) is 128 cm³/mol. The lowest BCUT2D eigenvalue weighted by atomic mass is 9.84. The van der Waals surface area contributed by atoms with E-state index in [1.807, 2.05) is 30.3 Å². The van der Waals surface area contributed by atoms with E-state index in [4.69, 9.17) is 14.2 Å². The second-order valence-electron chi connectivity index (χ2n) is 9.05. The Morgan fingerprint density at radius 3 is 2.24 bits per heavy atom. The molecule has 0 radical (unpaired) electrons. The van der Waals surface area contributed by atoms with E-state index in [2.05, 4.69) is 26.0 Å². The number of ether oxygens (including phenoxy) is 3. The molecule has 6 heteroatoms. The normalized spacial score (nSPS) is 18.2. The second kappa shape index (κ2) is 11.2.